The van der Waals surface area contributed by atoms with Crippen molar-refractivity contribution in [3.05, 3.63) is 35.9 Å². The third kappa shape index (κ3) is 1.42. The van der Waals surface area contributed by atoms with E-state index in [0.29, 0.717) is 0 Å². The normalized spacial score (nSPS) is 10.3. The van der Waals surface area contributed by atoms with Crippen molar-refractivity contribution < 1.29 is 0 Å². The molecule has 2 heterocycles. The molecule has 0 aromatic carbocycles. The molecule has 0 aliphatic carbocycles. The average Bonchev–Trinajstić information content (AvgIpc) is 2.61. The summed E-state index contributed by atoms with van der Waals surface area (Å²) in [6.07, 6.45) is 5.31. The van der Waals surface area contributed by atoms with Crippen molar-refractivity contribution in [3.8, 4) is 5.69 Å². The van der Waals surface area contributed by atoms with E-state index in [9.17, 15) is 0 Å². The molecule has 0 bridgehead atoms. The molecule has 0 aliphatic rings. The first-order valence-corrected chi connectivity index (χ1v) is 4.07. The van der Waals surface area contributed by atoms with Gasteiger partial charge < -0.3 is 0 Å². The zero-order valence-electron chi connectivity index (χ0n) is 7.60. The van der Waals surface area contributed by atoms with E-state index in [1.165, 1.54) is 0 Å². The lowest BCUT2D eigenvalue weighted by Crippen LogP contribution is -2.00. The summed E-state index contributed by atoms with van der Waals surface area (Å²) < 4.78 is 1.72. The number of pyridine rings is 1. The van der Waals surface area contributed by atoms with Gasteiger partial charge in [0.1, 0.15) is 0 Å². The molecule has 0 aliphatic heterocycles. The van der Waals surface area contributed by atoms with Crippen molar-refractivity contribution >= 4 is 0 Å². The Morgan fingerprint density at radius 3 is 2.85 bits per heavy atom. The molecular formula is C9H10N4. The second-order valence-electron chi connectivity index (χ2n) is 2.96. The number of nitrogens with zero attached hydrogens (tertiary/aromatic N) is 4. The highest BCUT2D eigenvalue weighted by Crippen LogP contribution is 2.10. The van der Waals surface area contributed by atoms with Crippen molar-refractivity contribution in [2.45, 2.75) is 13.8 Å². The van der Waals surface area contributed by atoms with Gasteiger partial charge in [0.2, 0.25) is 0 Å². The van der Waals surface area contributed by atoms with Crippen LogP contribution in [0.5, 0.6) is 0 Å². The fourth-order valence-corrected chi connectivity index (χ4v) is 1.19. The van der Waals surface area contributed by atoms with Gasteiger partial charge in [0.25, 0.3) is 0 Å². The summed E-state index contributed by atoms with van der Waals surface area (Å²) in [7, 11) is 0. The van der Waals surface area contributed by atoms with Gasteiger partial charge in [0.15, 0.2) is 0 Å². The van der Waals surface area contributed by atoms with Crippen molar-refractivity contribution in [1.82, 2.24) is 20.0 Å². The van der Waals surface area contributed by atoms with Crippen LogP contribution >= 0.6 is 0 Å². The number of rotatable bonds is 1. The second kappa shape index (κ2) is 2.97. The largest absolute Gasteiger partial charge is 0.259 e. The van der Waals surface area contributed by atoms with Crippen LogP contribution in [0, 0.1) is 13.8 Å². The maximum absolute atomic E-state index is 4.25. The van der Waals surface area contributed by atoms with Gasteiger partial charge in [-0.1, -0.05) is 5.21 Å². The van der Waals surface area contributed by atoms with Crippen LogP contribution in [0.3, 0.4) is 0 Å². The van der Waals surface area contributed by atoms with Crippen molar-refractivity contribution in [2.75, 3.05) is 0 Å². The second-order valence-corrected chi connectivity index (χ2v) is 2.96. The number of aryl methyl sites for hydroxylation is 2. The SMILES string of the molecule is Cc1cnc(C)c(-n2ccnn2)c1. The quantitative estimate of drug-likeness (QED) is 0.654. The minimum Gasteiger partial charge on any atom is -0.259 e. The summed E-state index contributed by atoms with van der Waals surface area (Å²) in [6, 6.07) is 2.04. The number of aromatic nitrogens is 4. The first kappa shape index (κ1) is 7.91. The van der Waals surface area contributed by atoms with E-state index in [2.05, 4.69) is 15.3 Å². The molecule has 0 saturated carbocycles. The van der Waals surface area contributed by atoms with Crippen molar-refractivity contribution in [3.63, 3.8) is 0 Å². The standard InChI is InChI=1S/C9H10N4/c1-7-5-9(8(2)10-6-7)13-4-3-11-12-13/h3-6H,1-2H3. The molecule has 2 rings (SSSR count). The smallest absolute Gasteiger partial charge is 0.0878 e. The van der Waals surface area contributed by atoms with Gasteiger partial charge in [-0.25, -0.2) is 4.68 Å². The van der Waals surface area contributed by atoms with Crippen molar-refractivity contribution in [2.24, 2.45) is 0 Å². The molecule has 0 amide bonds. The molecule has 66 valence electrons. The molecule has 4 nitrogen and oxygen atoms in total. The Morgan fingerprint density at radius 2 is 2.15 bits per heavy atom. The van der Waals surface area contributed by atoms with Gasteiger partial charge in [-0.15, -0.1) is 5.10 Å². The van der Waals surface area contributed by atoms with Crippen LogP contribution in [0.15, 0.2) is 24.7 Å². The summed E-state index contributed by atoms with van der Waals surface area (Å²) >= 11 is 0. The van der Waals surface area contributed by atoms with Crippen LogP contribution < -0.4 is 0 Å². The molecule has 0 radical (unpaired) electrons. The summed E-state index contributed by atoms with van der Waals surface area (Å²) in [4.78, 5) is 4.25. The predicted octanol–water partition coefficient (Wildman–Crippen LogP) is 1.28. The van der Waals surface area contributed by atoms with Gasteiger partial charge in [-0.2, -0.15) is 0 Å². The highest BCUT2D eigenvalue weighted by Gasteiger charge is 2.02. The Morgan fingerprint density at radius 1 is 1.31 bits per heavy atom. The van der Waals surface area contributed by atoms with Gasteiger partial charge >= 0.3 is 0 Å². The van der Waals surface area contributed by atoms with E-state index < -0.39 is 0 Å². The molecule has 0 atom stereocenters. The molecule has 0 spiro atoms. The van der Waals surface area contributed by atoms with Crippen LogP contribution in [0.4, 0.5) is 0 Å². The van der Waals surface area contributed by atoms with E-state index in [0.717, 1.165) is 16.9 Å². The Labute approximate surface area is 76.2 Å². The van der Waals surface area contributed by atoms with Gasteiger partial charge in [-0.3, -0.25) is 4.98 Å². The van der Waals surface area contributed by atoms with E-state index in [1.807, 2.05) is 32.3 Å². The molecule has 0 unspecified atom stereocenters. The third-order valence-electron chi connectivity index (χ3n) is 1.87. The van der Waals surface area contributed by atoms with Gasteiger partial charge in [0.05, 0.1) is 23.8 Å². The Balaban J connectivity index is 2.57. The highest BCUT2D eigenvalue weighted by molar-refractivity contribution is 5.36. The predicted molar refractivity (Wildman–Crippen MR) is 48.6 cm³/mol. The number of hydrogen-bond donors (Lipinski definition) is 0. The van der Waals surface area contributed by atoms with E-state index >= 15 is 0 Å². The summed E-state index contributed by atoms with van der Waals surface area (Å²) in [5.41, 5.74) is 3.06. The third-order valence-corrected chi connectivity index (χ3v) is 1.87. The summed E-state index contributed by atoms with van der Waals surface area (Å²) in [5, 5.41) is 7.67. The maximum Gasteiger partial charge on any atom is 0.0878 e. The Bertz CT molecular complexity index is 406. The lowest BCUT2D eigenvalue weighted by atomic mass is 10.2. The molecule has 0 saturated heterocycles. The highest BCUT2D eigenvalue weighted by atomic mass is 15.4. The summed E-state index contributed by atoms with van der Waals surface area (Å²) in [5.74, 6) is 0. The average molecular weight is 174 g/mol. The molecule has 2 aromatic heterocycles. The molecule has 4 heteroatoms. The lowest BCUT2D eigenvalue weighted by molar-refractivity contribution is 0.791. The zero-order valence-corrected chi connectivity index (χ0v) is 7.60. The van der Waals surface area contributed by atoms with E-state index in [1.54, 1.807) is 10.9 Å². The first-order valence-electron chi connectivity index (χ1n) is 4.07. The topological polar surface area (TPSA) is 43.6 Å². The fourth-order valence-electron chi connectivity index (χ4n) is 1.19. The molecule has 0 fully saturated rings. The minimum absolute atomic E-state index is 0.955. The molecule has 2 aromatic rings. The van der Waals surface area contributed by atoms with Crippen LogP contribution in [-0.4, -0.2) is 20.0 Å². The Kier molecular flexibility index (Phi) is 1.81. The van der Waals surface area contributed by atoms with Gasteiger partial charge in [-0.05, 0) is 25.5 Å². The number of hydrogen-bond acceptors (Lipinski definition) is 3. The van der Waals surface area contributed by atoms with Gasteiger partial charge in [0, 0.05) is 6.20 Å². The van der Waals surface area contributed by atoms with Crippen LogP contribution in [0.25, 0.3) is 5.69 Å². The maximum atomic E-state index is 4.25. The molecular weight excluding hydrogens is 164 g/mol. The van der Waals surface area contributed by atoms with Crippen LogP contribution in [0.1, 0.15) is 11.3 Å². The summed E-state index contributed by atoms with van der Waals surface area (Å²) in [6.45, 7) is 3.96. The molecule has 0 N–H and O–H groups in total. The first-order chi connectivity index (χ1) is 6.27. The van der Waals surface area contributed by atoms with E-state index in [-0.39, 0.29) is 0 Å². The van der Waals surface area contributed by atoms with E-state index in [4.69, 9.17) is 0 Å². The lowest BCUT2D eigenvalue weighted by Gasteiger charge is -2.04. The van der Waals surface area contributed by atoms with Crippen LogP contribution in [-0.2, 0) is 0 Å². The Hall–Kier alpha value is -1.71. The minimum atomic E-state index is 0.955. The molecule has 13 heavy (non-hydrogen) atoms. The zero-order chi connectivity index (χ0) is 9.26. The van der Waals surface area contributed by atoms with Crippen LogP contribution in [0.2, 0.25) is 0 Å². The monoisotopic (exact) mass is 174 g/mol. The fraction of sp³-hybridized carbons (Fsp3) is 0.222. The van der Waals surface area contributed by atoms with Crippen molar-refractivity contribution in [1.29, 1.82) is 0 Å².